The third-order valence-corrected chi connectivity index (χ3v) is 6.81. The Kier molecular flexibility index (Phi) is 8.38. The van der Waals surface area contributed by atoms with Crippen molar-refractivity contribution in [3.05, 3.63) is 101 Å². The first-order chi connectivity index (χ1) is 17.8. The van der Waals surface area contributed by atoms with Crippen molar-refractivity contribution in [2.45, 2.75) is 44.9 Å². The van der Waals surface area contributed by atoms with Gasteiger partial charge in [-0.2, -0.15) is 0 Å². The number of methoxy groups -OCH3 is 2. The minimum absolute atomic E-state index is 0.233. The van der Waals surface area contributed by atoms with E-state index in [0.717, 1.165) is 11.1 Å². The second kappa shape index (κ2) is 11.7. The number of carbonyl (C=O) groups is 2. The summed E-state index contributed by atoms with van der Waals surface area (Å²) >= 11 is 0. The Morgan fingerprint density at radius 2 is 1.46 bits per heavy atom. The number of para-hydroxylation sites is 1. The summed E-state index contributed by atoms with van der Waals surface area (Å²) in [4.78, 5) is 26.7. The van der Waals surface area contributed by atoms with E-state index in [1.165, 1.54) is 14.2 Å². The lowest BCUT2D eigenvalue weighted by atomic mass is 9.87. The molecule has 0 radical (unpaired) electrons. The summed E-state index contributed by atoms with van der Waals surface area (Å²) in [6.45, 7) is 3.80. The molecule has 0 fully saturated rings. The van der Waals surface area contributed by atoms with Crippen LogP contribution in [-0.4, -0.2) is 43.5 Å². The van der Waals surface area contributed by atoms with Gasteiger partial charge in [-0.15, -0.1) is 0 Å². The van der Waals surface area contributed by atoms with Crippen LogP contribution in [0, 0.1) is 19.8 Å². The SMILES string of the molecule is COC(OC)C1C(=O)c2ccccc2OC1CC(=O)O[C@@H](c1ccccc1C)[C@@H](O)c1ccccc1C. The normalized spacial score (nSPS) is 18.6. The largest absolute Gasteiger partial charge is 0.488 e. The van der Waals surface area contributed by atoms with Crippen molar-refractivity contribution in [3.8, 4) is 5.75 Å². The average Bonchev–Trinajstić information content (AvgIpc) is 2.90. The van der Waals surface area contributed by atoms with Crippen LogP contribution in [0.2, 0.25) is 0 Å². The average molecular weight is 505 g/mol. The Balaban J connectivity index is 1.63. The van der Waals surface area contributed by atoms with Crippen LogP contribution >= 0.6 is 0 Å². The number of carbonyl (C=O) groups excluding carboxylic acids is 2. The van der Waals surface area contributed by atoms with Gasteiger partial charge in [0.05, 0.1) is 12.0 Å². The number of aliphatic hydroxyl groups is 1. The minimum Gasteiger partial charge on any atom is -0.488 e. The molecular weight excluding hydrogens is 472 g/mol. The van der Waals surface area contributed by atoms with Crippen molar-refractivity contribution in [3.63, 3.8) is 0 Å². The molecule has 0 bridgehead atoms. The summed E-state index contributed by atoms with van der Waals surface area (Å²) in [7, 11) is 2.87. The van der Waals surface area contributed by atoms with Gasteiger partial charge in [-0.25, -0.2) is 0 Å². The second-order valence-electron chi connectivity index (χ2n) is 9.15. The van der Waals surface area contributed by atoms with Crippen LogP contribution in [0.5, 0.6) is 5.75 Å². The van der Waals surface area contributed by atoms with Gasteiger partial charge in [0, 0.05) is 14.2 Å². The van der Waals surface area contributed by atoms with Gasteiger partial charge in [0.1, 0.15) is 23.9 Å². The van der Waals surface area contributed by atoms with E-state index in [0.29, 0.717) is 22.4 Å². The van der Waals surface area contributed by atoms with Crippen LogP contribution in [0.1, 0.15) is 51.2 Å². The summed E-state index contributed by atoms with van der Waals surface area (Å²) in [6.07, 6.45) is -4.09. The number of ketones is 1. The van der Waals surface area contributed by atoms with Gasteiger partial charge in [0.2, 0.25) is 0 Å². The summed E-state index contributed by atoms with van der Waals surface area (Å²) in [5, 5.41) is 11.4. The van der Waals surface area contributed by atoms with Gasteiger partial charge in [-0.05, 0) is 48.2 Å². The number of rotatable bonds is 9. The van der Waals surface area contributed by atoms with Gasteiger partial charge in [-0.3, -0.25) is 9.59 Å². The molecule has 0 amide bonds. The highest BCUT2D eigenvalue weighted by atomic mass is 16.7. The Labute approximate surface area is 216 Å². The predicted molar refractivity (Wildman–Crippen MR) is 137 cm³/mol. The van der Waals surface area contributed by atoms with E-state index < -0.39 is 36.5 Å². The van der Waals surface area contributed by atoms with Gasteiger partial charge >= 0.3 is 5.97 Å². The van der Waals surface area contributed by atoms with Crippen LogP contribution in [0.15, 0.2) is 72.8 Å². The molecule has 0 aromatic heterocycles. The van der Waals surface area contributed by atoms with E-state index in [2.05, 4.69) is 0 Å². The Morgan fingerprint density at radius 1 is 0.892 bits per heavy atom. The van der Waals surface area contributed by atoms with E-state index in [9.17, 15) is 14.7 Å². The van der Waals surface area contributed by atoms with Crippen molar-refractivity contribution >= 4 is 11.8 Å². The molecule has 0 saturated carbocycles. The summed E-state index contributed by atoms with van der Waals surface area (Å²) < 4.78 is 22.8. The Hall–Kier alpha value is -3.52. The van der Waals surface area contributed by atoms with Crippen molar-refractivity contribution in [1.82, 2.24) is 0 Å². The number of Topliss-reactive ketones (excluding diaryl/α,β-unsaturated/α-hetero) is 1. The first-order valence-electron chi connectivity index (χ1n) is 12.2. The summed E-state index contributed by atoms with van der Waals surface area (Å²) in [5.74, 6) is -1.34. The number of hydrogen-bond acceptors (Lipinski definition) is 7. The molecule has 1 aliphatic heterocycles. The van der Waals surface area contributed by atoms with E-state index in [-0.39, 0.29) is 12.2 Å². The number of hydrogen-bond donors (Lipinski definition) is 1. The summed E-state index contributed by atoms with van der Waals surface area (Å²) in [5.41, 5.74) is 3.52. The maximum atomic E-state index is 13.4. The van der Waals surface area contributed by atoms with Gasteiger partial charge in [0.15, 0.2) is 18.2 Å². The first kappa shape index (κ1) is 26.5. The molecule has 1 aliphatic rings. The molecular formula is C30H32O7. The molecule has 7 nitrogen and oxygen atoms in total. The lowest BCUT2D eigenvalue weighted by Gasteiger charge is -2.35. The van der Waals surface area contributed by atoms with E-state index in [4.69, 9.17) is 18.9 Å². The van der Waals surface area contributed by atoms with Crippen molar-refractivity contribution < 1.29 is 33.6 Å². The fourth-order valence-corrected chi connectivity index (χ4v) is 4.85. The molecule has 1 N–H and O–H groups in total. The molecule has 37 heavy (non-hydrogen) atoms. The third kappa shape index (κ3) is 5.59. The zero-order valence-corrected chi connectivity index (χ0v) is 21.4. The fraction of sp³-hybridized carbons (Fsp3) is 0.333. The van der Waals surface area contributed by atoms with Gasteiger partial charge in [-0.1, -0.05) is 60.7 Å². The van der Waals surface area contributed by atoms with Crippen LogP contribution in [0.4, 0.5) is 0 Å². The highest BCUT2D eigenvalue weighted by Crippen LogP contribution is 2.38. The quantitative estimate of drug-likeness (QED) is 0.328. The van der Waals surface area contributed by atoms with Crippen LogP contribution in [-0.2, 0) is 19.0 Å². The number of ether oxygens (including phenoxy) is 4. The monoisotopic (exact) mass is 504 g/mol. The zero-order chi connectivity index (χ0) is 26.5. The van der Waals surface area contributed by atoms with Crippen molar-refractivity contribution in [2.24, 2.45) is 5.92 Å². The molecule has 0 aliphatic carbocycles. The van der Waals surface area contributed by atoms with Crippen LogP contribution < -0.4 is 4.74 Å². The Morgan fingerprint density at radius 3 is 2.08 bits per heavy atom. The van der Waals surface area contributed by atoms with Gasteiger partial charge in [0.25, 0.3) is 0 Å². The molecule has 4 rings (SSSR count). The molecule has 4 atom stereocenters. The fourth-order valence-electron chi connectivity index (χ4n) is 4.85. The summed E-state index contributed by atoms with van der Waals surface area (Å²) in [6, 6.07) is 21.8. The number of esters is 1. The topological polar surface area (TPSA) is 91.3 Å². The maximum absolute atomic E-state index is 13.4. The van der Waals surface area contributed by atoms with Crippen LogP contribution in [0.25, 0.3) is 0 Å². The standard InChI is InChI=1S/C30H32O7/c1-18-11-5-7-13-20(18)28(33)29(21-14-8-6-12-19(21)2)37-25(31)17-24-26(30(34-3)35-4)27(32)22-15-9-10-16-23(22)36-24/h5-16,24,26,28-30,33H,17H2,1-4H3/t24?,26?,28-,29-/m0/s1. The zero-order valence-electron chi connectivity index (χ0n) is 21.4. The highest BCUT2D eigenvalue weighted by molar-refractivity contribution is 6.02. The predicted octanol–water partition coefficient (Wildman–Crippen LogP) is 4.89. The highest BCUT2D eigenvalue weighted by Gasteiger charge is 2.44. The molecule has 194 valence electrons. The minimum atomic E-state index is -1.10. The first-order valence-corrected chi connectivity index (χ1v) is 12.2. The molecule has 2 unspecified atom stereocenters. The molecule has 1 heterocycles. The smallest absolute Gasteiger partial charge is 0.310 e. The molecule has 0 spiro atoms. The van der Waals surface area contributed by atoms with Crippen molar-refractivity contribution in [2.75, 3.05) is 14.2 Å². The van der Waals surface area contributed by atoms with E-state index in [1.807, 2.05) is 62.4 Å². The number of benzene rings is 3. The Bertz CT molecular complexity index is 1250. The number of aliphatic hydroxyl groups excluding tert-OH is 1. The number of aryl methyl sites for hydroxylation is 2. The molecule has 7 heteroatoms. The molecule has 3 aromatic rings. The van der Waals surface area contributed by atoms with Crippen LogP contribution in [0.3, 0.4) is 0 Å². The molecule has 0 saturated heterocycles. The van der Waals surface area contributed by atoms with E-state index in [1.54, 1.807) is 24.3 Å². The maximum Gasteiger partial charge on any atom is 0.310 e. The van der Waals surface area contributed by atoms with Crippen molar-refractivity contribution in [1.29, 1.82) is 0 Å². The third-order valence-electron chi connectivity index (χ3n) is 6.81. The van der Waals surface area contributed by atoms with Gasteiger partial charge < -0.3 is 24.1 Å². The lowest BCUT2D eigenvalue weighted by Crippen LogP contribution is -2.47. The lowest BCUT2D eigenvalue weighted by molar-refractivity contribution is -0.166. The molecule has 3 aromatic carbocycles. The van der Waals surface area contributed by atoms with E-state index >= 15 is 0 Å². The number of fused-ring (bicyclic) bond motifs is 1. The second-order valence-corrected chi connectivity index (χ2v) is 9.15.